The highest BCUT2D eigenvalue weighted by atomic mass is 16.5. The van der Waals surface area contributed by atoms with Crippen molar-refractivity contribution in [2.75, 3.05) is 26.7 Å². The molecule has 1 aromatic rings. The molecule has 1 aromatic carbocycles. The van der Waals surface area contributed by atoms with Gasteiger partial charge in [-0.25, -0.2) is 0 Å². The minimum atomic E-state index is -0.301. The number of esters is 1. The fraction of sp³-hybridized carbons (Fsp3) is 0.375. The zero-order valence-electron chi connectivity index (χ0n) is 12.4. The highest BCUT2D eigenvalue weighted by Crippen LogP contribution is 2.07. The number of carbonyl (C=O) groups is 2. The topological polar surface area (TPSA) is 72.6 Å². The average Bonchev–Trinajstić information content (AvgIpc) is 2.50. The fourth-order valence-electron chi connectivity index (χ4n) is 1.66. The van der Waals surface area contributed by atoms with Crippen LogP contribution in [0.4, 0.5) is 0 Å². The highest BCUT2D eigenvalue weighted by Gasteiger charge is 2.13. The largest absolute Gasteiger partial charge is 0.466 e. The van der Waals surface area contributed by atoms with Crippen LogP contribution in [0.1, 0.15) is 29.3 Å². The molecule has 21 heavy (non-hydrogen) atoms. The fourth-order valence-corrected chi connectivity index (χ4v) is 1.66. The van der Waals surface area contributed by atoms with Gasteiger partial charge in [-0.3, -0.25) is 9.59 Å². The Morgan fingerprint density at radius 2 is 1.95 bits per heavy atom. The lowest BCUT2D eigenvalue weighted by Crippen LogP contribution is -2.29. The van der Waals surface area contributed by atoms with Crippen molar-refractivity contribution in [3.8, 4) is 11.8 Å². The predicted molar refractivity (Wildman–Crippen MR) is 80.6 cm³/mol. The summed E-state index contributed by atoms with van der Waals surface area (Å²) in [5, 5.41) is 0. The SMILES string of the molecule is CCOC(=O)CCN(C)C(=O)c1ccc(C#CCN)cc1. The molecule has 0 fully saturated rings. The van der Waals surface area contributed by atoms with E-state index in [0.29, 0.717) is 25.3 Å². The third kappa shape index (κ3) is 5.67. The molecule has 0 bridgehead atoms. The Hall–Kier alpha value is -2.32. The van der Waals surface area contributed by atoms with Gasteiger partial charge in [-0.1, -0.05) is 11.8 Å². The number of amides is 1. The smallest absolute Gasteiger partial charge is 0.307 e. The number of rotatable bonds is 5. The van der Waals surface area contributed by atoms with Crippen LogP contribution in [0.2, 0.25) is 0 Å². The molecular weight excluding hydrogens is 268 g/mol. The first-order valence-corrected chi connectivity index (χ1v) is 6.78. The molecule has 0 heterocycles. The number of ether oxygens (including phenoxy) is 1. The molecule has 0 saturated heterocycles. The Bertz CT molecular complexity index is 541. The molecule has 0 aliphatic rings. The Balaban J connectivity index is 2.59. The van der Waals surface area contributed by atoms with Crippen molar-refractivity contribution >= 4 is 11.9 Å². The summed E-state index contributed by atoms with van der Waals surface area (Å²) in [7, 11) is 1.66. The van der Waals surface area contributed by atoms with Gasteiger partial charge in [0.25, 0.3) is 5.91 Å². The van der Waals surface area contributed by atoms with Gasteiger partial charge in [0.05, 0.1) is 19.6 Å². The van der Waals surface area contributed by atoms with E-state index in [0.717, 1.165) is 5.56 Å². The minimum absolute atomic E-state index is 0.141. The van der Waals surface area contributed by atoms with Crippen LogP contribution in [0.3, 0.4) is 0 Å². The molecule has 0 aliphatic heterocycles. The molecule has 0 aromatic heterocycles. The lowest BCUT2D eigenvalue weighted by molar-refractivity contribution is -0.143. The van der Waals surface area contributed by atoms with Gasteiger partial charge in [-0.2, -0.15) is 0 Å². The molecule has 0 unspecified atom stereocenters. The molecule has 0 saturated carbocycles. The van der Waals surface area contributed by atoms with Crippen LogP contribution in [0.15, 0.2) is 24.3 Å². The van der Waals surface area contributed by atoms with Crippen LogP contribution in [0, 0.1) is 11.8 Å². The molecule has 1 amide bonds. The molecule has 5 nitrogen and oxygen atoms in total. The highest BCUT2D eigenvalue weighted by molar-refractivity contribution is 5.94. The molecule has 0 aliphatic carbocycles. The van der Waals surface area contributed by atoms with E-state index in [1.54, 1.807) is 38.2 Å². The first-order chi connectivity index (χ1) is 10.1. The molecular formula is C16H20N2O3. The van der Waals surface area contributed by atoms with E-state index in [-0.39, 0.29) is 18.3 Å². The lowest BCUT2D eigenvalue weighted by Gasteiger charge is -2.16. The number of hydrogen-bond donors (Lipinski definition) is 1. The standard InChI is InChI=1S/C16H20N2O3/c1-3-21-15(19)10-12-18(2)16(20)14-8-6-13(7-9-14)5-4-11-17/h6-9H,3,10-12,17H2,1-2H3. The van der Waals surface area contributed by atoms with Crippen LogP contribution >= 0.6 is 0 Å². The van der Waals surface area contributed by atoms with Gasteiger partial charge in [0.2, 0.25) is 0 Å². The second-order valence-electron chi connectivity index (χ2n) is 4.36. The predicted octanol–water partition coefficient (Wildman–Crippen LogP) is 1.02. The van der Waals surface area contributed by atoms with Crippen molar-refractivity contribution in [2.45, 2.75) is 13.3 Å². The van der Waals surface area contributed by atoms with Gasteiger partial charge >= 0.3 is 5.97 Å². The van der Waals surface area contributed by atoms with Crippen molar-refractivity contribution in [3.05, 3.63) is 35.4 Å². The Kier molecular flexibility index (Phi) is 6.99. The maximum absolute atomic E-state index is 12.2. The van der Waals surface area contributed by atoms with E-state index in [2.05, 4.69) is 11.8 Å². The van der Waals surface area contributed by atoms with Crippen molar-refractivity contribution in [1.29, 1.82) is 0 Å². The van der Waals surface area contributed by atoms with Gasteiger partial charge in [-0.15, -0.1) is 0 Å². The monoisotopic (exact) mass is 288 g/mol. The molecule has 0 atom stereocenters. The number of benzene rings is 1. The zero-order valence-corrected chi connectivity index (χ0v) is 12.4. The van der Waals surface area contributed by atoms with Gasteiger partial charge < -0.3 is 15.4 Å². The van der Waals surface area contributed by atoms with Crippen LogP contribution in [0.25, 0.3) is 0 Å². The van der Waals surface area contributed by atoms with Crippen LogP contribution in [-0.2, 0) is 9.53 Å². The van der Waals surface area contributed by atoms with Crippen LogP contribution < -0.4 is 5.73 Å². The lowest BCUT2D eigenvalue weighted by atomic mass is 10.1. The summed E-state index contributed by atoms with van der Waals surface area (Å²) in [4.78, 5) is 24.9. The van der Waals surface area contributed by atoms with E-state index >= 15 is 0 Å². The number of hydrogen-bond acceptors (Lipinski definition) is 4. The summed E-state index contributed by atoms with van der Waals surface area (Å²) >= 11 is 0. The van der Waals surface area contributed by atoms with Crippen molar-refractivity contribution in [3.63, 3.8) is 0 Å². The summed E-state index contributed by atoms with van der Waals surface area (Å²) in [6.45, 7) is 2.73. The van der Waals surface area contributed by atoms with E-state index in [1.165, 1.54) is 4.90 Å². The number of carbonyl (C=O) groups excluding carboxylic acids is 2. The first kappa shape index (κ1) is 16.7. The zero-order chi connectivity index (χ0) is 15.7. The summed E-state index contributed by atoms with van der Waals surface area (Å²) in [5.41, 5.74) is 6.67. The van der Waals surface area contributed by atoms with Gasteiger partial charge in [0.1, 0.15) is 0 Å². The third-order valence-corrected chi connectivity index (χ3v) is 2.77. The second kappa shape index (κ2) is 8.77. The third-order valence-electron chi connectivity index (χ3n) is 2.77. The van der Waals surface area contributed by atoms with Crippen molar-refractivity contribution in [2.24, 2.45) is 5.73 Å². The maximum Gasteiger partial charge on any atom is 0.307 e. The minimum Gasteiger partial charge on any atom is -0.466 e. The molecule has 5 heteroatoms. The van der Waals surface area contributed by atoms with E-state index < -0.39 is 0 Å². The molecule has 112 valence electrons. The van der Waals surface area contributed by atoms with Gasteiger partial charge in [-0.05, 0) is 31.2 Å². The van der Waals surface area contributed by atoms with Gasteiger partial charge in [0.15, 0.2) is 0 Å². The Morgan fingerprint density at radius 3 is 2.52 bits per heavy atom. The molecule has 2 N–H and O–H groups in total. The number of nitrogens with zero attached hydrogens (tertiary/aromatic N) is 1. The van der Waals surface area contributed by atoms with Crippen LogP contribution in [0.5, 0.6) is 0 Å². The summed E-state index contributed by atoms with van der Waals surface area (Å²) < 4.78 is 4.83. The first-order valence-electron chi connectivity index (χ1n) is 6.78. The average molecular weight is 288 g/mol. The van der Waals surface area contributed by atoms with Crippen LogP contribution in [-0.4, -0.2) is 43.5 Å². The molecule has 1 rings (SSSR count). The van der Waals surface area contributed by atoms with E-state index in [9.17, 15) is 9.59 Å². The summed E-state index contributed by atoms with van der Waals surface area (Å²) in [6.07, 6.45) is 0.191. The van der Waals surface area contributed by atoms with E-state index in [1.807, 2.05) is 0 Å². The molecule has 0 radical (unpaired) electrons. The van der Waals surface area contributed by atoms with Crippen molar-refractivity contribution in [1.82, 2.24) is 4.90 Å². The number of nitrogens with two attached hydrogens (primary N) is 1. The summed E-state index contributed by atoms with van der Waals surface area (Å²) in [5.74, 6) is 5.20. The normalized spacial score (nSPS) is 9.48. The Labute approximate surface area is 125 Å². The van der Waals surface area contributed by atoms with Crippen molar-refractivity contribution < 1.29 is 14.3 Å². The Morgan fingerprint density at radius 1 is 1.29 bits per heavy atom. The second-order valence-corrected chi connectivity index (χ2v) is 4.36. The van der Waals surface area contributed by atoms with E-state index in [4.69, 9.17) is 10.5 Å². The summed E-state index contributed by atoms with van der Waals surface area (Å²) in [6, 6.07) is 6.97. The molecule has 0 spiro atoms. The van der Waals surface area contributed by atoms with Gasteiger partial charge in [0, 0.05) is 24.7 Å². The maximum atomic E-state index is 12.2. The quantitative estimate of drug-likeness (QED) is 0.648.